The summed E-state index contributed by atoms with van der Waals surface area (Å²) in [5.74, 6) is 0. The number of hydrogen-bond acceptors (Lipinski definition) is 1. The molecule has 2 nitrogen and oxygen atoms in total. The lowest BCUT2D eigenvalue weighted by molar-refractivity contribution is 0.527. The first-order chi connectivity index (χ1) is 9.81. The summed E-state index contributed by atoms with van der Waals surface area (Å²) in [5, 5.41) is 4.48. The van der Waals surface area contributed by atoms with E-state index in [2.05, 4.69) is 69.8 Å². The third-order valence-corrected chi connectivity index (χ3v) is 4.50. The van der Waals surface area contributed by atoms with Gasteiger partial charge in [0.05, 0.1) is 6.20 Å². The van der Waals surface area contributed by atoms with Gasteiger partial charge in [0.15, 0.2) is 0 Å². The molecule has 0 N–H and O–H groups in total. The van der Waals surface area contributed by atoms with Gasteiger partial charge in [0.2, 0.25) is 0 Å². The Morgan fingerprint density at radius 2 is 1.80 bits per heavy atom. The molecular formula is C17H23IN2. The molecule has 3 heteroatoms. The second-order valence-electron chi connectivity index (χ2n) is 5.24. The number of rotatable bonds is 8. The molecule has 0 amide bonds. The van der Waals surface area contributed by atoms with Gasteiger partial charge in [-0.15, -0.1) is 0 Å². The number of unbranched alkanes of at least 4 members (excludes halogenated alkanes) is 5. The van der Waals surface area contributed by atoms with Gasteiger partial charge in [-0.3, -0.25) is 4.68 Å². The van der Waals surface area contributed by atoms with E-state index in [-0.39, 0.29) is 0 Å². The van der Waals surface area contributed by atoms with Gasteiger partial charge in [0.25, 0.3) is 0 Å². The minimum atomic E-state index is 1.04. The molecule has 0 atom stereocenters. The maximum atomic E-state index is 4.48. The number of halogens is 1. The van der Waals surface area contributed by atoms with Gasteiger partial charge in [-0.05, 0) is 40.6 Å². The number of benzene rings is 1. The molecule has 2 aromatic rings. The molecule has 0 aliphatic carbocycles. The van der Waals surface area contributed by atoms with E-state index in [1.54, 1.807) is 0 Å². The van der Waals surface area contributed by atoms with Crippen LogP contribution < -0.4 is 0 Å². The monoisotopic (exact) mass is 382 g/mol. The molecule has 0 aliphatic rings. The standard InChI is InChI=1S/C17H23IN2/c1-2-3-4-5-6-9-12-20-14-15(13-19-20)16-10-7-8-11-17(16)18/h7-8,10-11,13-14H,2-6,9,12H2,1H3. The number of aryl methyl sites for hydroxylation is 1. The number of hydrogen-bond donors (Lipinski definition) is 0. The van der Waals surface area contributed by atoms with Crippen molar-refractivity contribution < 1.29 is 0 Å². The van der Waals surface area contributed by atoms with Crippen LogP contribution in [0.25, 0.3) is 11.1 Å². The summed E-state index contributed by atoms with van der Waals surface area (Å²) in [6, 6.07) is 8.46. The van der Waals surface area contributed by atoms with Crippen LogP contribution in [0.1, 0.15) is 45.4 Å². The first-order valence-corrected chi connectivity index (χ1v) is 8.66. The molecule has 0 unspecified atom stereocenters. The van der Waals surface area contributed by atoms with Gasteiger partial charge in [0, 0.05) is 21.9 Å². The molecule has 0 fully saturated rings. The van der Waals surface area contributed by atoms with Crippen molar-refractivity contribution in [2.75, 3.05) is 0 Å². The van der Waals surface area contributed by atoms with Crippen molar-refractivity contribution in [2.45, 2.75) is 52.0 Å². The second kappa shape index (κ2) is 8.45. The molecule has 108 valence electrons. The van der Waals surface area contributed by atoms with E-state index in [4.69, 9.17) is 0 Å². The van der Waals surface area contributed by atoms with Gasteiger partial charge >= 0.3 is 0 Å². The number of aromatic nitrogens is 2. The summed E-state index contributed by atoms with van der Waals surface area (Å²) in [4.78, 5) is 0. The molecule has 0 saturated heterocycles. The van der Waals surface area contributed by atoms with Crippen LogP contribution >= 0.6 is 22.6 Å². The van der Waals surface area contributed by atoms with Crippen molar-refractivity contribution >= 4 is 22.6 Å². The Balaban J connectivity index is 1.82. The minimum absolute atomic E-state index is 1.04. The average molecular weight is 382 g/mol. The summed E-state index contributed by atoms with van der Waals surface area (Å²) < 4.78 is 3.36. The highest BCUT2D eigenvalue weighted by Gasteiger charge is 2.04. The normalized spacial score (nSPS) is 10.9. The third kappa shape index (κ3) is 4.62. The van der Waals surface area contributed by atoms with Crippen LogP contribution in [0.3, 0.4) is 0 Å². The van der Waals surface area contributed by atoms with E-state index in [0.29, 0.717) is 0 Å². The Labute approximate surface area is 135 Å². The Kier molecular flexibility index (Phi) is 6.57. The van der Waals surface area contributed by atoms with E-state index in [9.17, 15) is 0 Å². The van der Waals surface area contributed by atoms with Gasteiger partial charge < -0.3 is 0 Å². The fourth-order valence-electron chi connectivity index (χ4n) is 2.37. The topological polar surface area (TPSA) is 17.8 Å². The smallest absolute Gasteiger partial charge is 0.0568 e. The molecular weight excluding hydrogens is 359 g/mol. The van der Waals surface area contributed by atoms with Crippen molar-refractivity contribution in [1.29, 1.82) is 0 Å². The average Bonchev–Trinajstić information content (AvgIpc) is 2.92. The highest BCUT2D eigenvalue weighted by molar-refractivity contribution is 14.1. The van der Waals surface area contributed by atoms with Gasteiger partial charge in [0.1, 0.15) is 0 Å². The van der Waals surface area contributed by atoms with Gasteiger partial charge in [-0.1, -0.05) is 57.2 Å². The molecule has 1 aromatic heterocycles. The first kappa shape index (κ1) is 15.5. The maximum Gasteiger partial charge on any atom is 0.0568 e. The molecule has 1 aromatic carbocycles. The zero-order chi connectivity index (χ0) is 14.2. The van der Waals surface area contributed by atoms with Crippen molar-refractivity contribution in [1.82, 2.24) is 9.78 Å². The summed E-state index contributed by atoms with van der Waals surface area (Å²) in [6.07, 6.45) is 12.1. The zero-order valence-electron chi connectivity index (χ0n) is 12.2. The maximum absolute atomic E-state index is 4.48. The van der Waals surface area contributed by atoms with Gasteiger partial charge in [-0.25, -0.2) is 0 Å². The van der Waals surface area contributed by atoms with Crippen LogP contribution in [-0.4, -0.2) is 9.78 Å². The van der Waals surface area contributed by atoms with Crippen LogP contribution in [0.5, 0.6) is 0 Å². The summed E-state index contributed by atoms with van der Waals surface area (Å²) in [5.41, 5.74) is 2.50. The predicted octanol–water partition coefficient (Wildman–Crippen LogP) is 5.52. The fraction of sp³-hybridized carbons (Fsp3) is 0.471. The molecule has 0 radical (unpaired) electrons. The highest BCUT2D eigenvalue weighted by Crippen LogP contribution is 2.24. The lowest BCUT2D eigenvalue weighted by Gasteiger charge is -2.02. The molecule has 0 aliphatic heterocycles. The van der Waals surface area contributed by atoms with Crippen LogP contribution in [0.15, 0.2) is 36.7 Å². The summed E-state index contributed by atoms with van der Waals surface area (Å²) >= 11 is 2.38. The number of nitrogens with zero attached hydrogens (tertiary/aromatic N) is 2. The minimum Gasteiger partial charge on any atom is -0.272 e. The Morgan fingerprint density at radius 3 is 2.60 bits per heavy atom. The zero-order valence-corrected chi connectivity index (χ0v) is 14.3. The van der Waals surface area contributed by atoms with E-state index in [0.717, 1.165) is 6.54 Å². The van der Waals surface area contributed by atoms with Crippen molar-refractivity contribution in [2.24, 2.45) is 0 Å². The molecule has 2 rings (SSSR count). The highest BCUT2D eigenvalue weighted by atomic mass is 127. The van der Waals surface area contributed by atoms with E-state index in [1.807, 2.05) is 6.20 Å². The van der Waals surface area contributed by atoms with Crippen LogP contribution in [0.4, 0.5) is 0 Å². The lowest BCUT2D eigenvalue weighted by Crippen LogP contribution is -1.97. The quantitative estimate of drug-likeness (QED) is 0.435. The van der Waals surface area contributed by atoms with E-state index < -0.39 is 0 Å². The molecule has 0 spiro atoms. The molecule has 20 heavy (non-hydrogen) atoms. The van der Waals surface area contributed by atoms with Crippen LogP contribution in [0, 0.1) is 3.57 Å². The SMILES string of the molecule is CCCCCCCCn1cc(-c2ccccc2I)cn1. The summed E-state index contributed by atoms with van der Waals surface area (Å²) in [7, 11) is 0. The third-order valence-electron chi connectivity index (χ3n) is 3.56. The Bertz CT molecular complexity index is 519. The molecule has 1 heterocycles. The van der Waals surface area contributed by atoms with Crippen molar-refractivity contribution in [3.63, 3.8) is 0 Å². The second-order valence-corrected chi connectivity index (χ2v) is 6.40. The van der Waals surface area contributed by atoms with Crippen LogP contribution in [-0.2, 0) is 6.54 Å². The Hall–Kier alpha value is -0.840. The van der Waals surface area contributed by atoms with Crippen LogP contribution in [0.2, 0.25) is 0 Å². The van der Waals surface area contributed by atoms with E-state index >= 15 is 0 Å². The predicted molar refractivity (Wildman–Crippen MR) is 93.8 cm³/mol. The lowest BCUT2D eigenvalue weighted by atomic mass is 10.1. The van der Waals surface area contributed by atoms with E-state index in [1.165, 1.54) is 53.2 Å². The first-order valence-electron chi connectivity index (χ1n) is 7.58. The molecule has 0 bridgehead atoms. The fourth-order valence-corrected chi connectivity index (χ4v) is 3.07. The largest absolute Gasteiger partial charge is 0.272 e. The van der Waals surface area contributed by atoms with Crippen molar-refractivity contribution in [3.05, 3.63) is 40.2 Å². The summed E-state index contributed by atoms with van der Waals surface area (Å²) in [6.45, 7) is 3.30. The Morgan fingerprint density at radius 1 is 1.05 bits per heavy atom. The van der Waals surface area contributed by atoms with Crippen molar-refractivity contribution in [3.8, 4) is 11.1 Å². The van der Waals surface area contributed by atoms with Gasteiger partial charge in [-0.2, -0.15) is 5.10 Å². The molecule has 0 saturated carbocycles.